The van der Waals surface area contributed by atoms with E-state index in [9.17, 15) is 8.42 Å². The minimum absolute atomic E-state index is 0.0795. The average Bonchev–Trinajstić information content (AvgIpc) is 2.73. The van der Waals surface area contributed by atoms with Crippen molar-refractivity contribution in [3.63, 3.8) is 0 Å². The minimum Gasteiger partial charge on any atom is -0.336 e. The molecule has 0 aliphatic carbocycles. The number of rotatable bonds is 8. The molecule has 1 heterocycles. The zero-order valence-electron chi connectivity index (χ0n) is 11.0. The number of imidazole rings is 1. The lowest BCUT2D eigenvalue weighted by atomic mass is 10.2. The number of nitrogens with two attached hydrogens (primary N) is 1. The van der Waals surface area contributed by atoms with Crippen LogP contribution in [-0.2, 0) is 16.6 Å². The summed E-state index contributed by atoms with van der Waals surface area (Å²) in [6, 6.07) is 0. The fourth-order valence-corrected chi connectivity index (χ4v) is 2.57. The smallest absolute Gasteiger partial charge is 0.259 e. The fraction of sp³-hybridized carbons (Fsp3) is 0.727. The summed E-state index contributed by atoms with van der Waals surface area (Å²) in [5, 5.41) is 0.0795. The molecule has 1 aromatic heterocycles. The summed E-state index contributed by atoms with van der Waals surface area (Å²) in [6.07, 6.45) is 4.66. The highest BCUT2D eigenvalue weighted by Gasteiger charge is 2.16. The summed E-state index contributed by atoms with van der Waals surface area (Å²) in [7, 11) is -3.48. The lowest BCUT2D eigenvalue weighted by molar-refractivity contribution is 0.521. The molecule has 0 saturated carbocycles. The van der Waals surface area contributed by atoms with E-state index in [-0.39, 0.29) is 5.03 Å². The van der Waals surface area contributed by atoms with Crippen LogP contribution in [0.15, 0.2) is 17.6 Å². The van der Waals surface area contributed by atoms with Crippen LogP contribution in [0.1, 0.15) is 26.7 Å². The second-order valence-corrected chi connectivity index (χ2v) is 6.41. The molecule has 1 aromatic rings. The number of nitrogens with zero attached hydrogens (tertiary/aromatic N) is 2. The van der Waals surface area contributed by atoms with Crippen molar-refractivity contribution in [2.45, 2.75) is 38.3 Å². The first-order valence-corrected chi connectivity index (χ1v) is 7.65. The van der Waals surface area contributed by atoms with Crippen molar-refractivity contribution in [3.8, 4) is 0 Å². The number of hydrogen-bond donors (Lipinski definition) is 2. The van der Waals surface area contributed by atoms with Crippen molar-refractivity contribution in [1.29, 1.82) is 0 Å². The lowest BCUT2D eigenvalue weighted by Gasteiger charge is -2.05. The number of nitrogens with one attached hydrogen (secondary N) is 1. The molecule has 0 spiro atoms. The van der Waals surface area contributed by atoms with Crippen molar-refractivity contribution in [1.82, 2.24) is 14.3 Å². The van der Waals surface area contributed by atoms with Gasteiger partial charge >= 0.3 is 0 Å². The van der Waals surface area contributed by atoms with Gasteiger partial charge in [-0.25, -0.2) is 18.1 Å². The monoisotopic (exact) mass is 274 g/mol. The van der Waals surface area contributed by atoms with E-state index in [0.717, 1.165) is 19.4 Å². The van der Waals surface area contributed by atoms with Crippen LogP contribution in [0.5, 0.6) is 0 Å². The van der Waals surface area contributed by atoms with Crippen molar-refractivity contribution < 1.29 is 8.42 Å². The highest BCUT2D eigenvalue weighted by Crippen LogP contribution is 2.07. The van der Waals surface area contributed by atoms with Gasteiger partial charge in [-0.2, -0.15) is 0 Å². The predicted molar refractivity (Wildman–Crippen MR) is 70.5 cm³/mol. The summed E-state index contributed by atoms with van der Waals surface area (Å²) < 4.78 is 28.1. The molecule has 104 valence electrons. The Balaban J connectivity index is 2.59. The highest BCUT2D eigenvalue weighted by molar-refractivity contribution is 7.89. The third-order valence-corrected chi connectivity index (χ3v) is 3.73. The topological polar surface area (TPSA) is 90.0 Å². The highest BCUT2D eigenvalue weighted by atomic mass is 32.2. The Morgan fingerprint density at radius 3 is 2.78 bits per heavy atom. The predicted octanol–water partition coefficient (Wildman–Crippen LogP) is 0.556. The van der Waals surface area contributed by atoms with Crippen molar-refractivity contribution in [3.05, 3.63) is 12.5 Å². The average molecular weight is 274 g/mol. The van der Waals surface area contributed by atoms with Gasteiger partial charge in [-0.3, -0.25) is 0 Å². The normalized spacial score (nSPS) is 12.2. The molecule has 18 heavy (non-hydrogen) atoms. The maximum absolute atomic E-state index is 11.9. The fourth-order valence-electron chi connectivity index (χ4n) is 1.55. The van der Waals surface area contributed by atoms with Crippen LogP contribution < -0.4 is 10.5 Å². The number of aromatic nitrogens is 2. The van der Waals surface area contributed by atoms with E-state index in [0.29, 0.717) is 19.0 Å². The molecule has 0 aromatic carbocycles. The Labute approximate surface area is 109 Å². The van der Waals surface area contributed by atoms with E-state index >= 15 is 0 Å². The van der Waals surface area contributed by atoms with Crippen LogP contribution in [0.25, 0.3) is 0 Å². The van der Waals surface area contributed by atoms with Gasteiger partial charge in [-0.15, -0.1) is 0 Å². The third-order valence-electron chi connectivity index (χ3n) is 2.38. The molecule has 0 amide bonds. The van der Waals surface area contributed by atoms with Crippen LogP contribution in [0.4, 0.5) is 0 Å². The van der Waals surface area contributed by atoms with E-state index in [2.05, 4.69) is 23.6 Å². The van der Waals surface area contributed by atoms with Gasteiger partial charge in [-0.05, 0) is 25.3 Å². The van der Waals surface area contributed by atoms with Gasteiger partial charge in [-0.1, -0.05) is 13.8 Å². The van der Waals surface area contributed by atoms with Crippen molar-refractivity contribution in [2.75, 3.05) is 13.1 Å². The largest absolute Gasteiger partial charge is 0.336 e. The molecule has 1 rings (SSSR count). The molecule has 0 atom stereocenters. The summed E-state index contributed by atoms with van der Waals surface area (Å²) in [4.78, 5) is 3.93. The van der Waals surface area contributed by atoms with E-state index in [1.54, 1.807) is 17.1 Å². The third kappa shape index (κ3) is 4.75. The van der Waals surface area contributed by atoms with Crippen molar-refractivity contribution in [2.24, 2.45) is 11.7 Å². The minimum atomic E-state index is -3.48. The summed E-state index contributed by atoms with van der Waals surface area (Å²) >= 11 is 0. The standard InChI is InChI=1S/C11H22N4O2S/c1-10(2)7-15-8-11(13-9-15)18(16,17)14-6-4-3-5-12/h8-10,14H,3-7,12H2,1-2H3. The molecule has 0 aliphatic rings. The lowest BCUT2D eigenvalue weighted by Crippen LogP contribution is -2.25. The first-order chi connectivity index (χ1) is 8.45. The second kappa shape index (κ2) is 6.86. The number of unbranched alkanes of at least 4 members (excludes halogenated alkanes) is 1. The Kier molecular flexibility index (Phi) is 5.77. The number of sulfonamides is 1. The summed E-state index contributed by atoms with van der Waals surface area (Å²) in [6.45, 7) is 5.87. The number of hydrogen-bond acceptors (Lipinski definition) is 4. The van der Waals surface area contributed by atoms with E-state index in [4.69, 9.17) is 5.73 Å². The second-order valence-electron chi connectivity index (χ2n) is 4.70. The Morgan fingerprint density at radius 2 is 2.17 bits per heavy atom. The first kappa shape index (κ1) is 15.1. The Morgan fingerprint density at radius 1 is 1.44 bits per heavy atom. The molecule has 0 radical (unpaired) electrons. The zero-order chi connectivity index (χ0) is 13.6. The molecule has 0 unspecified atom stereocenters. The van der Waals surface area contributed by atoms with Crippen LogP contribution in [0.2, 0.25) is 0 Å². The molecular formula is C11H22N4O2S. The van der Waals surface area contributed by atoms with Crippen molar-refractivity contribution >= 4 is 10.0 Å². The molecule has 0 aliphatic heterocycles. The Bertz CT molecular complexity index is 453. The van der Waals surface area contributed by atoms with Gasteiger partial charge in [0.15, 0.2) is 5.03 Å². The van der Waals surface area contributed by atoms with Gasteiger partial charge in [0, 0.05) is 19.3 Å². The maximum atomic E-state index is 11.9. The van der Waals surface area contributed by atoms with Crippen LogP contribution in [0, 0.1) is 5.92 Å². The SMILES string of the molecule is CC(C)Cn1cnc(S(=O)(=O)NCCCCN)c1. The van der Waals surface area contributed by atoms with Crippen LogP contribution >= 0.6 is 0 Å². The Hall–Kier alpha value is -0.920. The quantitative estimate of drug-likeness (QED) is 0.678. The van der Waals surface area contributed by atoms with Gasteiger partial charge in [0.25, 0.3) is 10.0 Å². The van der Waals surface area contributed by atoms with E-state index in [1.807, 2.05) is 0 Å². The molecule has 0 bridgehead atoms. The zero-order valence-corrected chi connectivity index (χ0v) is 11.8. The molecule has 0 saturated heterocycles. The maximum Gasteiger partial charge on any atom is 0.259 e. The summed E-state index contributed by atoms with van der Waals surface area (Å²) in [5.41, 5.74) is 5.35. The molecule has 6 nitrogen and oxygen atoms in total. The van der Waals surface area contributed by atoms with Gasteiger partial charge in [0.1, 0.15) is 0 Å². The molecule has 0 fully saturated rings. The molecular weight excluding hydrogens is 252 g/mol. The molecule has 3 N–H and O–H groups in total. The molecule has 7 heteroatoms. The van der Waals surface area contributed by atoms with Gasteiger partial charge in [0.2, 0.25) is 0 Å². The van der Waals surface area contributed by atoms with Crippen LogP contribution in [0.3, 0.4) is 0 Å². The van der Waals surface area contributed by atoms with Gasteiger partial charge in [0.05, 0.1) is 6.33 Å². The van der Waals surface area contributed by atoms with Gasteiger partial charge < -0.3 is 10.3 Å². The van der Waals surface area contributed by atoms with E-state index in [1.165, 1.54) is 0 Å². The van der Waals surface area contributed by atoms with Crippen LogP contribution in [-0.4, -0.2) is 31.1 Å². The van der Waals surface area contributed by atoms with E-state index < -0.39 is 10.0 Å². The summed E-state index contributed by atoms with van der Waals surface area (Å²) in [5.74, 6) is 0.451. The first-order valence-electron chi connectivity index (χ1n) is 6.17.